The van der Waals surface area contributed by atoms with Crippen LogP contribution >= 0.6 is 15.9 Å². The molecule has 2 aromatic heterocycles. The van der Waals surface area contributed by atoms with Gasteiger partial charge in [-0.15, -0.1) is 0 Å². The fourth-order valence-electron chi connectivity index (χ4n) is 2.13. The second kappa shape index (κ2) is 5.17. The Labute approximate surface area is 124 Å². The van der Waals surface area contributed by atoms with Crippen molar-refractivity contribution in [1.29, 1.82) is 0 Å². The summed E-state index contributed by atoms with van der Waals surface area (Å²) in [5.41, 5.74) is 2.80. The first kappa shape index (κ1) is 13.0. The second-order valence-electron chi connectivity index (χ2n) is 4.40. The molecule has 0 radical (unpaired) electrons. The third-order valence-electron chi connectivity index (χ3n) is 3.11. The van der Waals surface area contributed by atoms with Gasteiger partial charge in [0.2, 0.25) is 0 Å². The number of hydrogen-bond acceptors (Lipinski definition) is 3. The molecule has 0 unspecified atom stereocenters. The average molecular weight is 330 g/mol. The molecule has 5 heteroatoms. The van der Waals surface area contributed by atoms with E-state index in [2.05, 4.69) is 26.0 Å². The molecule has 0 aliphatic heterocycles. The molecule has 0 N–H and O–H groups in total. The Hall–Kier alpha value is -2.01. The molecule has 0 spiro atoms. The molecule has 0 bridgehead atoms. The molecule has 3 rings (SSSR count). The minimum atomic E-state index is 0.0524. The van der Waals surface area contributed by atoms with E-state index in [-0.39, 0.29) is 5.78 Å². The first-order chi connectivity index (χ1) is 9.70. The Morgan fingerprint density at radius 3 is 2.75 bits per heavy atom. The van der Waals surface area contributed by atoms with Crippen LogP contribution in [0.5, 0.6) is 0 Å². The van der Waals surface area contributed by atoms with Crippen molar-refractivity contribution in [3.63, 3.8) is 0 Å². The van der Waals surface area contributed by atoms with Gasteiger partial charge in [0.15, 0.2) is 11.4 Å². The molecular formula is C15H12BrN3O. The summed E-state index contributed by atoms with van der Waals surface area (Å²) in [4.78, 5) is 16.5. The van der Waals surface area contributed by atoms with Crippen molar-refractivity contribution < 1.29 is 4.79 Å². The Morgan fingerprint density at radius 1 is 1.30 bits per heavy atom. The van der Waals surface area contributed by atoms with Crippen molar-refractivity contribution in [3.05, 3.63) is 52.8 Å². The monoisotopic (exact) mass is 329 g/mol. The topological polar surface area (TPSA) is 47.3 Å². The van der Waals surface area contributed by atoms with Crippen LogP contribution < -0.4 is 0 Å². The maximum absolute atomic E-state index is 12.2. The highest BCUT2D eigenvalue weighted by Crippen LogP contribution is 2.27. The first-order valence-corrected chi connectivity index (χ1v) is 7.12. The van der Waals surface area contributed by atoms with E-state index in [4.69, 9.17) is 0 Å². The number of nitrogens with zero attached hydrogens (tertiary/aromatic N) is 3. The van der Waals surface area contributed by atoms with Crippen LogP contribution in [-0.2, 0) is 0 Å². The number of hydrogen-bond donors (Lipinski definition) is 0. The Bertz CT molecular complexity index is 777. The van der Waals surface area contributed by atoms with Crippen molar-refractivity contribution >= 4 is 27.4 Å². The summed E-state index contributed by atoms with van der Waals surface area (Å²) in [6, 6.07) is 9.56. The van der Waals surface area contributed by atoms with Crippen molar-refractivity contribution in [2.45, 2.75) is 13.3 Å². The lowest BCUT2D eigenvalue weighted by atomic mass is 10.0. The fraction of sp³-hybridized carbons (Fsp3) is 0.133. The van der Waals surface area contributed by atoms with Gasteiger partial charge >= 0.3 is 0 Å². The molecule has 0 aliphatic carbocycles. The summed E-state index contributed by atoms with van der Waals surface area (Å²) in [6.45, 7) is 1.85. The lowest BCUT2D eigenvalue weighted by Crippen LogP contribution is -1.99. The van der Waals surface area contributed by atoms with Gasteiger partial charge in [-0.25, -0.2) is 9.50 Å². The van der Waals surface area contributed by atoms with Crippen LogP contribution in [0.25, 0.3) is 16.9 Å². The normalized spacial score (nSPS) is 10.9. The predicted molar refractivity (Wildman–Crippen MR) is 80.7 cm³/mol. The van der Waals surface area contributed by atoms with Gasteiger partial charge in [0, 0.05) is 28.9 Å². The molecule has 1 aromatic carbocycles. The van der Waals surface area contributed by atoms with Gasteiger partial charge in [0.05, 0.1) is 5.56 Å². The molecule has 2 heterocycles. The van der Waals surface area contributed by atoms with Gasteiger partial charge < -0.3 is 0 Å². The lowest BCUT2D eigenvalue weighted by molar-refractivity contribution is 0.0990. The number of ketones is 1. The summed E-state index contributed by atoms with van der Waals surface area (Å²) < 4.78 is 2.65. The highest BCUT2D eigenvalue weighted by atomic mass is 79.9. The van der Waals surface area contributed by atoms with Gasteiger partial charge in [-0.05, 0) is 18.2 Å². The maximum atomic E-state index is 12.2. The quantitative estimate of drug-likeness (QED) is 0.687. The Morgan fingerprint density at radius 2 is 2.05 bits per heavy atom. The van der Waals surface area contributed by atoms with Crippen LogP contribution in [0.1, 0.15) is 23.7 Å². The van der Waals surface area contributed by atoms with E-state index in [0.717, 1.165) is 10.0 Å². The number of carbonyl (C=O) groups excluding carboxylic acids is 1. The molecule has 0 saturated carbocycles. The highest BCUT2D eigenvalue weighted by Gasteiger charge is 2.20. The number of rotatable bonds is 3. The van der Waals surface area contributed by atoms with Crippen molar-refractivity contribution in [2.75, 3.05) is 0 Å². The van der Waals surface area contributed by atoms with Gasteiger partial charge in [-0.1, -0.05) is 35.0 Å². The Kier molecular flexibility index (Phi) is 3.36. The number of carbonyl (C=O) groups is 1. The van der Waals surface area contributed by atoms with Crippen molar-refractivity contribution in [2.24, 2.45) is 0 Å². The summed E-state index contributed by atoms with van der Waals surface area (Å²) in [5, 5.41) is 4.50. The number of fused-ring (bicyclic) bond motifs is 1. The van der Waals surface area contributed by atoms with E-state index >= 15 is 0 Å². The zero-order chi connectivity index (χ0) is 14.1. The van der Waals surface area contributed by atoms with Crippen LogP contribution in [0.2, 0.25) is 0 Å². The summed E-state index contributed by atoms with van der Waals surface area (Å²) in [5.74, 6) is 0.0524. The molecule has 0 fully saturated rings. The van der Waals surface area contributed by atoms with E-state index in [1.54, 1.807) is 23.0 Å². The average Bonchev–Trinajstić information content (AvgIpc) is 2.86. The molecule has 0 saturated heterocycles. The molecule has 4 nitrogen and oxygen atoms in total. The number of Topliss-reactive ketones (excluding diaryl/α,β-unsaturated/α-hetero) is 1. The first-order valence-electron chi connectivity index (χ1n) is 6.33. The van der Waals surface area contributed by atoms with Gasteiger partial charge in [-0.3, -0.25) is 4.79 Å². The lowest BCUT2D eigenvalue weighted by Gasteiger charge is -2.00. The van der Waals surface area contributed by atoms with Crippen LogP contribution in [0.15, 0.2) is 47.2 Å². The van der Waals surface area contributed by atoms with E-state index in [1.807, 2.05) is 31.2 Å². The maximum Gasteiger partial charge on any atom is 0.168 e. The Balaban J connectivity index is 2.29. The van der Waals surface area contributed by atoms with Crippen LogP contribution in [0.4, 0.5) is 0 Å². The summed E-state index contributed by atoms with van der Waals surface area (Å²) >= 11 is 3.41. The van der Waals surface area contributed by atoms with Crippen LogP contribution in [0.3, 0.4) is 0 Å². The van der Waals surface area contributed by atoms with E-state index in [0.29, 0.717) is 23.3 Å². The third-order valence-corrected chi connectivity index (χ3v) is 3.64. The molecule has 0 aliphatic rings. The molecule has 0 amide bonds. The largest absolute Gasteiger partial charge is 0.294 e. The molecule has 100 valence electrons. The minimum Gasteiger partial charge on any atom is -0.294 e. The zero-order valence-electron chi connectivity index (χ0n) is 10.9. The van der Waals surface area contributed by atoms with Crippen molar-refractivity contribution in [3.8, 4) is 11.3 Å². The third kappa shape index (κ3) is 2.14. The second-order valence-corrected chi connectivity index (χ2v) is 5.31. The molecule has 3 aromatic rings. The van der Waals surface area contributed by atoms with Gasteiger partial charge in [-0.2, -0.15) is 5.10 Å². The number of halogens is 1. The minimum absolute atomic E-state index is 0.0524. The van der Waals surface area contributed by atoms with Gasteiger partial charge in [0.1, 0.15) is 5.69 Å². The van der Waals surface area contributed by atoms with E-state index < -0.39 is 0 Å². The smallest absolute Gasteiger partial charge is 0.168 e. The molecule has 20 heavy (non-hydrogen) atoms. The number of benzene rings is 1. The zero-order valence-corrected chi connectivity index (χ0v) is 12.5. The standard InChI is InChI=1S/C15H12BrN3O/c1-2-12(20)13-14(10-4-6-11(16)7-5-10)18-19-9-3-8-17-15(13)19/h3-9H,2H2,1H3. The van der Waals surface area contributed by atoms with Gasteiger partial charge in [0.25, 0.3) is 0 Å². The predicted octanol–water partition coefficient (Wildman–Crippen LogP) is 3.75. The fourth-order valence-corrected chi connectivity index (χ4v) is 2.39. The molecular weight excluding hydrogens is 318 g/mol. The van der Waals surface area contributed by atoms with Crippen LogP contribution in [-0.4, -0.2) is 20.4 Å². The SMILES string of the molecule is CCC(=O)c1c(-c2ccc(Br)cc2)nn2cccnc12. The van der Waals surface area contributed by atoms with E-state index in [9.17, 15) is 4.79 Å². The summed E-state index contributed by atoms with van der Waals surface area (Å²) in [7, 11) is 0. The van der Waals surface area contributed by atoms with Crippen molar-refractivity contribution in [1.82, 2.24) is 14.6 Å². The summed E-state index contributed by atoms with van der Waals surface area (Å²) in [6.07, 6.45) is 3.91. The van der Waals surface area contributed by atoms with E-state index in [1.165, 1.54) is 0 Å². The number of aromatic nitrogens is 3. The highest BCUT2D eigenvalue weighted by molar-refractivity contribution is 9.10. The van der Waals surface area contributed by atoms with Crippen LogP contribution in [0, 0.1) is 0 Å². The molecule has 0 atom stereocenters.